The third kappa shape index (κ3) is 8.37. The van der Waals surface area contributed by atoms with Gasteiger partial charge in [0.1, 0.15) is 0 Å². The van der Waals surface area contributed by atoms with Crippen LogP contribution >= 0.6 is 13.5 Å². The van der Waals surface area contributed by atoms with E-state index in [2.05, 4.69) is 0 Å². The largest absolute Gasteiger partial charge is 0.412 e. The second-order valence-electron chi connectivity index (χ2n) is 2.12. The molecule has 1 rings (SSSR count). The Morgan fingerprint density at radius 3 is 0.778 bits per heavy atom. The van der Waals surface area contributed by atoms with Crippen molar-refractivity contribution in [2.24, 2.45) is 0 Å². The molecule has 0 saturated heterocycles. The first-order valence-corrected chi connectivity index (χ1v) is 3.00. The van der Waals surface area contributed by atoms with Crippen molar-refractivity contribution in [1.82, 2.24) is 0 Å². The first-order chi connectivity index (χ1) is 3.00. The molecule has 0 bridgehead atoms. The smallest absolute Gasteiger partial charge is 0.0814 e. The summed E-state index contributed by atoms with van der Waals surface area (Å²) in [6, 6.07) is 0. The minimum Gasteiger partial charge on any atom is -0.412 e. The molecule has 1 aliphatic rings. The van der Waals surface area contributed by atoms with Gasteiger partial charge in [0.05, 0.1) is 8.41 Å². The van der Waals surface area contributed by atoms with Crippen molar-refractivity contribution in [2.75, 3.05) is 0 Å². The summed E-state index contributed by atoms with van der Waals surface area (Å²) < 4.78 is 0. The van der Waals surface area contributed by atoms with E-state index >= 15 is 0 Å². The SMILES string of the molecule is B.C1CCCCC1.O.S. The molecule has 0 amide bonds. The maximum atomic E-state index is 1.50. The van der Waals surface area contributed by atoms with Crippen LogP contribution in [-0.2, 0) is 0 Å². The maximum absolute atomic E-state index is 1.50. The third-order valence-electron chi connectivity index (χ3n) is 1.50. The van der Waals surface area contributed by atoms with Gasteiger partial charge < -0.3 is 5.48 Å². The quantitative estimate of drug-likeness (QED) is 0.449. The minimum absolute atomic E-state index is 0. The molecule has 1 saturated carbocycles. The van der Waals surface area contributed by atoms with E-state index in [0.29, 0.717) is 0 Å². The fourth-order valence-corrected chi connectivity index (χ4v) is 1.06. The van der Waals surface area contributed by atoms with Gasteiger partial charge >= 0.3 is 0 Å². The van der Waals surface area contributed by atoms with Gasteiger partial charge in [-0.25, -0.2) is 0 Å². The summed E-state index contributed by atoms with van der Waals surface area (Å²) in [5.41, 5.74) is 0. The molecule has 0 radical (unpaired) electrons. The highest BCUT2D eigenvalue weighted by Crippen LogP contribution is 2.15. The number of rotatable bonds is 0. The second-order valence-corrected chi connectivity index (χ2v) is 2.12. The molecule has 1 nitrogen and oxygen atoms in total. The zero-order valence-electron chi connectivity index (χ0n) is 5.24. The first-order valence-electron chi connectivity index (χ1n) is 3.00. The Hall–Kier alpha value is 0.375. The average Bonchev–Trinajstić information content (AvgIpc) is 1.72. The van der Waals surface area contributed by atoms with E-state index in [1.807, 2.05) is 0 Å². The molecule has 0 aliphatic heterocycles. The molecule has 0 heterocycles. The molecule has 2 N–H and O–H groups in total. The first kappa shape index (κ1) is 16.2. The van der Waals surface area contributed by atoms with Crippen LogP contribution in [0.15, 0.2) is 0 Å². The Labute approximate surface area is 66.6 Å². The van der Waals surface area contributed by atoms with Crippen LogP contribution in [0.5, 0.6) is 0 Å². The summed E-state index contributed by atoms with van der Waals surface area (Å²) in [4.78, 5) is 0. The van der Waals surface area contributed by atoms with Crippen molar-refractivity contribution in [1.29, 1.82) is 0 Å². The van der Waals surface area contributed by atoms with Gasteiger partial charge in [-0.05, 0) is 0 Å². The molecular weight excluding hydrogens is 131 g/mol. The second kappa shape index (κ2) is 11.2. The molecule has 9 heavy (non-hydrogen) atoms. The molecule has 58 valence electrons. The van der Waals surface area contributed by atoms with E-state index < -0.39 is 0 Å². The molecule has 0 aromatic carbocycles. The third-order valence-corrected chi connectivity index (χ3v) is 1.50. The lowest BCUT2D eigenvalue weighted by atomic mass is 10.0. The van der Waals surface area contributed by atoms with E-state index in [0.717, 1.165) is 0 Å². The van der Waals surface area contributed by atoms with Crippen molar-refractivity contribution >= 4 is 21.9 Å². The molecule has 0 atom stereocenters. The highest BCUT2D eigenvalue weighted by Gasteiger charge is 1.95. The Morgan fingerprint density at radius 2 is 0.667 bits per heavy atom. The summed E-state index contributed by atoms with van der Waals surface area (Å²) >= 11 is 0. The van der Waals surface area contributed by atoms with Crippen LogP contribution < -0.4 is 0 Å². The van der Waals surface area contributed by atoms with Crippen LogP contribution in [0.2, 0.25) is 0 Å². The average molecular weight is 150 g/mol. The molecule has 0 spiro atoms. The van der Waals surface area contributed by atoms with E-state index in [-0.39, 0.29) is 27.4 Å². The van der Waals surface area contributed by atoms with Crippen molar-refractivity contribution in [3.63, 3.8) is 0 Å². The topological polar surface area (TPSA) is 31.5 Å². The normalized spacial score (nSPS) is 16.0. The summed E-state index contributed by atoms with van der Waals surface area (Å²) in [6.45, 7) is 0. The zero-order chi connectivity index (χ0) is 4.24. The van der Waals surface area contributed by atoms with Gasteiger partial charge in [-0.2, -0.15) is 13.5 Å². The van der Waals surface area contributed by atoms with Gasteiger partial charge in [0.15, 0.2) is 0 Å². The molecule has 0 aromatic rings. The Balaban J connectivity index is -0.000000120. The van der Waals surface area contributed by atoms with E-state index in [1.54, 1.807) is 0 Å². The Morgan fingerprint density at radius 1 is 0.556 bits per heavy atom. The standard InChI is InChI=1S/C6H12.BH3.H2O.H2S/c1-2-4-6-5-3-1;;;/h1-6H2;1H3;2*1H2. The van der Waals surface area contributed by atoms with Gasteiger partial charge in [0.25, 0.3) is 0 Å². The van der Waals surface area contributed by atoms with Crippen molar-refractivity contribution in [3.8, 4) is 0 Å². The van der Waals surface area contributed by atoms with Gasteiger partial charge in [0.2, 0.25) is 0 Å². The molecular formula is C6H19BOS. The van der Waals surface area contributed by atoms with E-state index in [4.69, 9.17) is 0 Å². The van der Waals surface area contributed by atoms with Crippen LogP contribution in [-0.4, -0.2) is 13.9 Å². The highest BCUT2D eigenvalue weighted by atomic mass is 32.1. The van der Waals surface area contributed by atoms with E-state index in [1.165, 1.54) is 38.5 Å². The minimum atomic E-state index is 0. The molecule has 0 unspecified atom stereocenters. The predicted molar refractivity (Wildman–Crippen MR) is 51.6 cm³/mol. The molecule has 1 aliphatic carbocycles. The fourth-order valence-electron chi connectivity index (χ4n) is 1.06. The van der Waals surface area contributed by atoms with Crippen LogP contribution in [0.4, 0.5) is 0 Å². The summed E-state index contributed by atoms with van der Waals surface area (Å²) in [7, 11) is 0. The van der Waals surface area contributed by atoms with Gasteiger partial charge in [-0.3, -0.25) is 0 Å². The lowest BCUT2D eigenvalue weighted by Crippen LogP contribution is -1.85. The summed E-state index contributed by atoms with van der Waals surface area (Å²) in [5, 5.41) is 0. The summed E-state index contributed by atoms with van der Waals surface area (Å²) in [6.07, 6.45) is 9.00. The zero-order valence-corrected chi connectivity index (χ0v) is 6.24. The van der Waals surface area contributed by atoms with Crippen LogP contribution in [0.1, 0.15) is 38.5 Å². The predicted octanol–water partition coefficient (Wildman–Crippen LogP) is 0.445. The monoisotopic (exact) mass is 150 g/mol. The lowest BCUT2D eigenvalue weighted by Gasteiger charge is -2.05. The molecule has 3 heteroatoms. The highest BCUT2D eigenvalue weighted by molar-refractivity contribution is 7.59. The van der Waals surface area contributed by atoms with Crippen LogP contribution in [0, 0.1) is 0 Å². The molecule has 0 aromatic heterocycles. The van der Waals surface area contributed by atoms with E-state index in [9.17, 15) is 0 Å². The number of hydrogen-bond acceptors (Lipinski definition) is 0. The Kier molecular flexibility index (Phi) is 20.2. The van der Waals surface area contributed by atoms with Crippen molar-refractivity contribution < 1.29 is 5.48 Å². The van der Waals surface area contributed by atoms with Gasteiger partial charge in [-0.15, -0.1) is 0 Å². The lowest BCUT2D eigenvalue weighted by molar-refractivity contribution is 0.504. The fraction of sp³-hybridized carbons (Fsp3) is 1.00. The van der Waals surface area contributed by atoms with Gasteiger partial charge in [-0.1, -0.05) is 38.5 Å². The van der Waals surface area contributed by atoms with Crippen LogP contribution in [0.25, 0.3) is 0 Å². The van der Waals surface area contributed by atoms with Gasteiger partial charge in [0, 0.05) is 0 Å². The van der Waals surface area contributed by atoms with Crippen molar-refractivity contribution in [3.05, 3.63) is 0 Å². The maximum Gasteiger partial charge on any atom is 0.0814 e. The van der Waals surface area contributed by atoms with Crippen LogP contribution in [0.3, 0.4) is 0 Å². The number of hydrogen-bond donors (Lipinski definition) is 0. The molecule has 1 fully saturated rings. The Bertz CT molecular complexity index is 28.5. The summed E-state index contributed by atoms with van der Waals surface area (Å²) in [5.74, 6) is 0. The van der Waals surface area contributed by atoms with Crippen molar-refractivity contribution in [2.45, 2.75) is 38.5 Å².